The SMILES string of the molecule is COc1cc(C=NNc2nc(-c3ccccc3)c(C#N)c(=O)[nH]2)ccc1OCc1ccc(C(=O)O)cc1. The molecule has 3 N–H and O–H groups in total. The van der Waals surface area contributed by atoms with Crippen LogP contribution in [0.1, 0.15) is 27.0 Å². The Balaban J connectivity index is 1.46. The lowest BCUT2D eigenvalue weighted by molar-refractivity contribution is 0.0697. The topological polar surface area (TPSA) is 150 Å². The Bertz CT molecular complexity index is 1540. The number of hydrazone groups is 1. The number of ether oxygens (including phenoxy) is 2. The number of H-pyrrole nitrogens is 1. The van der Waals surface area contributed by atoms with Gasteiger partial charge in [0, 0.05) is 5.56 Å². The molecule has 0 aliphatic heterocycles. The van der Waals surface area contributed by atoms with Gasteiger partial charge in [0.05, 0.1) is 24.6 Å². The maximum atomic E-state index is 12.4. The number of aromatic amines is 1. The van der Waals surface area contributed by atoms with Gasteiger partial charge in [-0.2, -0.15) is 10.4 Å². The largest absolute Gasteiger partial charge is 0.493 e. The van der Waals surface area contributed by atoms with Crippen LogP contribution in [0.25, 0.3) is 11.3 Å². The Morgan fingerprint density at radius 2 is 1.89 bits per heavy atom. The number of carboxylic acid groups (broad SMARTS) is 1. The molecule has 4 aromatic rings. The lowest BCUT2D eigenvalue weighted by Crippen LogP contribution is -2.16. The fraction of sp³-hybridized carbons (Fsp3) is 0.0741. The number of hydrogen-bond acceptors (Lipinski definition) is 8. The Kier molecular flexibility index (Phi) is 7.56. The van der Waals surface area contributed by atoms with Crippen LogP contribution >= 0.6 is 0 Å². The van der Waals surface area contributed by atoms with Gasteiger partial charge in [-0.15, -0.1) is 0 Å². The molecule has 1 aromatic heterocycles. The third-order valence-electron chi connectivity index (χ3n) is 5.25. The van der Waals surface area contributed by atoms with Crippen LogP contribution in [-0.4, -0.2) is 34.4 Å². The summed E-state index contributed by atoms with van der Waals surface area (Å²) in [5, 5.41) is 22.5. The lowest BCUT2D eigenvalue weighted by atomic mass is 10.1. The van der Waals surface area contributed by atoms with Gasteiger partial charge in [0.15, 0.2) is 11.5 Å². The van der Waals surface area contributed by atoms with Gasteiger partial charge in [-0.25, -0.2) is 15.2 Å². The standard InChI is InChI=1S/C27H21N5O5/c1-36-23-13-18(9-12-22(23)37-16-17-7-10-20(11-8-17)26(34)35)15-29-32-27-30-24(19-5-3-2-4-6-19)21(14-28)25(33)31-27/h2-13,15H,16H2,1H3,(H,34,35)(H2,30,31,32,33). The molecule has 0 unspecified atom stereocenters. The summed E-state index contributed by atoms with van der Waals surface area (Å²) in [6.45, 7) is 0.229. The third kappa shape index (κ3) is 5.98. The van der Waals surface area contributed by atoms with Crippen LogP contribution in [0.15, 0.2) is 82.7 Å². The van der Waals surface area contributed by atoms with E-state index in [-0.39, 0.29) is 29.4 Å². The fourth-order valence-electron chi connectivity index (χ4n) is 3.39. The molecule has 10 nitrogen and oxygen atoms in total. The van der Waals surface area contributed by atoms with E-state index < -0.39 is 11.5 Å². The molecular weight excluding hydrogens is 474 g/mol. The summed E-state index contributed by atoms with van der Waals surface area (Å²) in [4.78, 5) is 30.2. The van der Waals surface area contributed by atoms with Crippen LogP contribution < -0.4 is 20.5 Å². The number of nitrogens with one attached hydrogen (secondary N) is 2. The van der Waals surface area contributed by atoms with Crippen LogP contribution in [0.2, 0.25) is 0 Å². The number of hydrogen-bond donors (Lipinski definition) is 3. The second-order valence-electron chi connectivity index (χ2n) is 7.69. The van der Waals surface area contributed by atoms with Gasteiger partial charge < -0.3 is 14.6 Å². The minimum atomic E-state index is -0.987. The van der Waals surface area contributed by atoms with Gasteiger partial charge in [-0.05, 0) is 41.5 Å². The van der Waals surface area contributed by atoms with Crippen molar-refractivity contribution < 1.29 is 19.4 Å². The number of benzene rings is 3. The molecule has 0 spiro atoms. The van der Waals surface area contributed by atoms with E-state index in [0.717, 1.165) is 5.56 Å². The van der Waals surface area contributed by atoms with E-state index in [2.05, 4.69) is 20.5 Å². The number of nitriles is 1. The highest BCUT2D eigenvalue weighted by atomic mass is 16.5. The van der Waals surface area contributed by atoms with E-state index in [0.29, 0.717) is 22.6 Å². The molecular formula is C27H21N5O5. The second-order valence-corrected chi connectivity index (χ2v) is 7.69. The van der Waals surface area contributed by atoms with E-state index in [1.807, 2.05) is 12.1 Å². The number of anilines is 1. The zero-order valence-corrected chi connectivity index (χ0v) is 19.6. The number of rotatable bonds is 9. The van der Waals surface area contributed by atoms with Crippen LogP contribution in [0.5, 0.6) is 11.5 Å². The Morgan fingerprint density at radius 1 is 1.14 bits per heavy atom. The molecule has 10 heteroatoms. The molecule has 1 heterocycles. The predicted molar refractivity (Wildman–Crippen MR) is 137 cm³/mol. The normalized spacial score (nSPS) is 10.6. The predicted octanol–water partition coefficient (Wildman–Crippen LogP) is 4.04. The van der Waals surface area contributed by atoms with Gasteiger partial charge in [0.1, 0.15) is 18.2 Å². The number of methoxy groups -OCH3 is 1. The van der Waals surface area contributed by atoms with Crippen LogP contribution in [0, 0.1) is 11.3 Å². The third-order valence-corrected chi connectivity index (χ3v) is 5.25. The molecule has 0 fully saturated rings. The summed E-state index contributed by atoms with van der Waals surface area (Å²) < 4.78 is 11.2. The van der Waals surface area contributed by atoms with Gasteiger partial charge in [-0.3, -0.25) is 9.78 Å². The summed E-state index contributed by atoms with van der Waals surface area (Å²) in [5.74, 6) is 0.0710. The van der Waals surface area contributed by atoms with Crippen molar-refractivity contribution in [2.24, 2.45) is 5.10 Å². The number of carbonyl (C=O) groups is 1. The summed E-state index contributed by atoms with van der Waals surface area (Å²) in [6, 6.07) is 22.4. The van der Waals surface area contributed by atoms with Crippen molar-refractivity contribution in [3.05, 3.63) is 105 Å². The van der Waals surface area contributed by atoms with Gasteiger partial charge in [0.25, 0.3) is 5.56 Å². The first-order chi connectivity index (χ1) is 18.0. The smallest absolute Gasteiger partial charge is 0.335 e. The fourth-order valence-corrected chi connectivity index (χ4v) is 3.39. The van der Waals surface area contributed by atoms with Gasteiger partial charge in [0.2, 0.25) is 5.95 Å². The van der Waals surface area contributed by atoms with Crippen molar-refractivity contribution >= 4 is 18.1 Å². The monoisotopic (exact) mass is 495 g/mol. The van der Waals surface area contributed by atoms with E-state index in [9.17, 15) is 14.9 Å². The minimum absolute atomic E-state index is 0.0833. The number of nitrogens with zero attached hydrogens (tertiary/aromatic N) is 3. The van der Waals surface area contributed by atoms with E-state index in [1.54, 1.807) is 54.6 Å². The van der Waals surface area contributed by atoms with Crippen molar-refractivity contribution in [1.82, 2.24) is 9.97 Å². The molecule has 0 amide bonds. The molecule has 0 saturated carbocycles. The average Bonchev–Trinajstić information content (AvgIpc) is 2.92. The summed E-state index contributed by atoms with van der Waals surface area (Å²) >= 11 is 0. The summed E-state index contributed by atoms with van der Waals surface area (Å²) in [7, 11) is 1.51. The zero-order chi connectivity index (χ0) is 26.2. The molecule has 3 aromatic carbocycles. The van der Waals surface area contributed by atoms with Crippen molar-refractivity contribution in [2.75, 3.05) is 12.5 Å². The Hall–Kier alpha value is -5.43. The molecule has 0 bridgehead atoms. The molecule has 0 atom stereocenters. The average molecular weight is 495 g/mol. The van der Waals surface area contributed by atoms with Gasteiger partial charge >= 0.3 is 5.97 Å². The Morgan fingerprint density at radius 3 is 2.57 bits per heavy atom. The van der Waals surface area contributed by atoms with Crippen molar-refractivity contribution in [3.63, 3.8) is 0 Å². The Labute approximate surface area is 211 Å². The molecule has 4 rings (SSSR count). The quantitative estimate of drug-likeness (QED) is 0.233. The maximum Gasteiger partial charge on any atom is 0.335 e. The second kappa shape index (κ2) is 11.3. The summed E-state index contributed by atoms with van der Waals surface area (Å²) in [6.07, 6.45) is 1.51. The van der Waals surface area contributed by atoms with Crippen LogP contribution in [0.4, 0.5) is 5.95 Å². The van der Waals surface area contributed by atoms with Crippen LogP contribution in [0.3, 0.4) is 0 Å². The number of aromatic carboxylic acids is 1. The van der Waals surface area contributed by atoms with Crippen molar-refractivity contribution in [1.29, 1.82) is 5.26 Å². The van der Waals surface area contributed by atoms with Crippen molar-refractivity contribution in [3.8, 4) is 28.8 Å². The number of aromatic nitrogens is 2. The summed E-state index contributed by atoms with van der Waals surface area (Å²) in [5.41, 5.74) is 4.61. The molecule has 184 valence electrons. The first-order valence-corrected chi connectivity index (χ1v) is 11.0. The van der Waals surface area contributed by atoms with Gasteiger partial charge in [-0.1, -0.05) is 42.5 Å². The highest BCUT2D eigenvalue weighted by molar-refractivity contribution is 5.87. The van der Waals surface area contributed by atoms with E-state index in [1.165, 1.54) is 25.5 Å². The molecule has 0 aliphatic rings. The van der Waals surface area contributed by atoms with E-state index >= 15 is 0 Å². The highest BCUT2D eigenvalue weighted by Gasteiger charge is 2.13. The maximum absolute atomic E-state index is 12.4. The van der Waals surface area contributed by atoms with Crippen molar-refractivity contribution in [2.45, 2.75) is 6.61 Å². The first-order valence-electron chi connectivity index (χ1n) is 11.0. The first kappa shape index (κ1) is 24.7. The molecule has 37 heavy (non-hydrogen) atoms. The zero-order valence-electron chi connectivity index (χ0n) is 19.6. The molecule has 0 aliphatic carbocycles. The lowest BCUT2D eigenvalue weighted by Gasteiger charge is -2.11. The van der Waals surface area contributed by atoms with E-state index in [4.69, 9.17) is 14.6 Å². The number of carboxylic acids is 1. The molecule has 0 radical (unpaired) electrons. The highest BCUT2D eigenvalue weighted by Crippen LogP contribution is 2.28. The molecule has 0 saturated heterocycles. The minimum Gasteiger partial charge on any atom is -0.493 e. The van der Waals surface area contributed by atoms with Crippen LogP contribution in [-0.2, 0) is 6.61 Å².